The fraction of sp³-hybridized carbons (Fsp3) is 0.214. The molecule has 2 aromatic rings. The van der Waals surface area contributed by atoms with Gasteiger partial charge in [0, 0.05) is 12.7 Å². The van der Waals surface area contributed by atoms with Gasteiger partial charge in [0.1, 0.15) is 16.5 Å². The van der Waals surface area contributed by atoms with Crippen LogP contribution in [0, 0.1) is 12.7 Å². The molecule has 5 nitrogen and oxygen atoms in total. The molecule has 0 saturated carbocycles. The van der Waals surface area contributed by atoms with Gasteiger partial charge in [-0.2, -0.15) is 0 Å². The van der Waals surface area contributed by atoms with Crippen LogP contribution in [0.4, 0.5) is 15.9 Å². The number of anilines is 2. The molecule has 0 spiro atoms. The lowest BCUT2D eigenvalue weighted by atomic mass is 10.2. The fourth-order valence-corrected chi connectivity index (χ4v) is 2.96. The van der Waals surface area contributed by atoms with Gasteiger partial charge in [-0.05, 0) is 43.7 Å². The minimum absolute atomic E-state index is 0.0211. The van der Waals surface area contributed by atoms with Crippen molar-refractivity contribution in [3.63, 3.8) is 0 Å². The normalized spacial score (nSPS) is 11.2. The number of benzene rings is 1. The largest absolute Gasteiger partial charge is 0.369 e. The molecule has 1 heterocycles. The first kappa shape index (κ1) is 15.2. The summed E-state index contributed by atoms with van der Waals surface area (Å²) in [5.41, 5.74) is 0.622. The number of hydrogen-bond acceptors (Lipinski definition) is 4. The standard InChI is InChI=1S/C14H16FN3O2S/c1-3-16-14-13(5-4-8-17-14)21(19,20)18-11-7-6-10(2)12(15)9-11/h4-9,18H,3H2,1-2H3,(H,16,17). The minimum atomic E-state index is -3.84. The number of aromatic nitrogens is 1. The van der Waals surface area contributed by atoms with E-state index in [0.29, 0.717) is 12.1 Å². The highest BCUT2D eigenvalue weighted by Crippen LogP contribution is 2.22. The molecular weight excluding hydrogens is 293 g/mol. The first-order valence-corrected chi connectivity index (χ1v) is 7.90. The zero-order valence-electron chi connectivity index (χ0n) is 11.7. The molecule has 0 unspecified atom stereocenters. The average Bonchev–Trinajstić information content (AvgIpc) is 2.43. The van der Waals surface area contributed by atoms with E-state index in [0.717, 1.165) is 6.07 Å². The molecule has 0 aliphatic carbocycles. The zero-order valence-corrected chi connectivity index (χ0v) is 12.5. The van der Waals surface area contributed by atoms with Gasteiger partial charge in [0.25, 0.3) is 10.0 Å². The van der Waals surface area contributed by atoms with Gasteiger partial charge < -0.3 is 5.32 Å². The third kappa shape index (κ3) is 3.49. The Morgan fingerprint density at radius 1 is 1.29 bits per heavy atom. The van der Waals surface area contributed by atoms with Crippen LogP contribution in [0.25, 0.3) is 0 Å². The van der Waals surface area contributed by atoms with E-state index in [2.05, 4.69) is 15.0 Å². The van der Waals surface area contributed by atoms with E-state index in [9.17, 15) is 12.8 Å². The van der Waals surface area contributed by atoms with Crippen molar-refractivity contribution in [2.24, 2.45) is 0 Å². The van der Waals surface area contributed by atoms with E-state index in [1.165, 1.54) is 30.5 Å². The van der Waals surface area contributed by atoms with Crippen molar-refractivity contribution in [3.8, 4) is 0 Å². The number of rotatable bonds is 5. The Morgan fingerprint density at radius 3 is 2.71 bits per heavy atom. The van der Waals surface area contributed by atoms with Crippen molar-refractivity contribution in [3.05, 3.63) is 47.9 Å². The van der Waals surface area contributed by atoms with Crippen LogP contribution < -0.4 is 10.0 Å². The first-order valence-electron chi connectivity index (χ1n) is 6.42. The molecule has 0 bridgehead atoms. The van der Waals surface area contributed by atoms with Crippen LogP contribution in [0.5, 0.6) is 0 Å². The third-order valence-corrected chi connectivity index (χ3v) is 4.24. The van der Waals surface area contributed by atoms with Gasteiger partial charge in [-0.25, -0.2) is 17.8 Å². The number of aryl methyl sites for hydroxylation is 1. The lowest BCUT2D eigenvalue weighted by Gasteiger charge is -2.12. The SMILES string of the molecule is CCNc1ncccc1S(=O)(=O)Nc1ccc(C)c(F)c1. The van der Waals surface area contributed by atoms with Crippen molar-refractivity contribution >= 4 is 21.5 Å². The summed E-state index contributed by atoms with van der Waals surface area (Å²) < 4.78 is 40.6. The van der Waals surface area contributed by atoms with Gasteiger partial charge in [-0.15, -0.1) is 0 Å². The third-order valence-electron chi connectivity index (χ3n) is 2.83. The summed E-state index contributed by atoms with van der Waals surface area (Å²) in [4.78, 5) is 4.02. The van der Waals surface area contributed by atoms with Gasteiger partial charge in [-0.3, -0.25) is 4.72 Å². The van der Waals surface area contributed by atoms with Crippen LogP contribution in [-0.2, 0) is 10.0 Å². The first-order chi connectivity index (χ1) is 9.94. The molecule has 0 radical (unpaired) electrons. The smallest absolute Gasteiger partial charge is 0.265 e. The van der Waals surface area contributed by atoms with E-state index in [-0.39, 0.29) is 16.4 Å². The van der Waals surface area contributed by atoms with Crippen molar-refractivity contribution in [2.45, 2.75) is 18.7 Å². The second kappa shape index (κ2) is 6.09. The van der Waals surface area contributed by atoms with Gasteiger partial charge >= 0.3 is 0 Å². The highest BCUT2D eigenvalue weighted by Gasteiger charge is 2.19. The van der Waals surface area contributed by atoms with Crippen LogP contribution in [0.3, 0.4) is 0 Å². The summed E-state index contributed by atoms with van der Waals surface area (Å²) in [5.74, 6) is -0.201. The van der Waals surface area contributed by atoms with Gasteiger partial charge in [0.15, 0.2) is 0 Å². The quantitative estimate of drug-likeness (QED) is 0.891. The maximum absolute atomic E-state index is 13.5. The number of pyridine rings is 1. The summed E-state index contributed by atoms with van der Waals surface area (Å²) in [6, 6.07) is 7.15. The van der Waals surface area contributed by atoms with E-state index in [4.69, 9.17) is 0 Å². The van der Waals surface area contributed by atoms with Crippen molar-refractivity contribution in [1.29, 1.82) is 0 Å². The summed E-state index contributed by atoms with van der Waals surface area (Å²) in [6.45, 7) is 3.99. The summed E-state index contributed by atoms with van der Waals surface area (Å²) in [7, 11) is -3.84. The molecule has 0 fully saturated rings. The Labute approximate surface area is 123 Å². The Bertz CT molecular complexity index is 748. The number of nitrogens with one attached hydrogen (secondary N) is 2. The number of hydrogen-bond donors (Lipinski definition) is 2. The maximum atomic E-state index is 13.5. The molecule has 1 aromatic heterocycles. The predicted octanol–water partition coefficient (Wildman–Crippen LogP) is 2.76. The molecule has 0 atom stereocenters. The summed E-state index contributed by atoms with van der Waals surface area (Å²) in [6.07, 6.45) is 1.50. The molecule has 21 heavy (non-hydrogen) atoms. The molecule has 0 aliphatic heterocycles. The highest BCUT2D eigenvalue weighted by molar-refractivity contribution is 7.92. The van der Waals surface area contributed by atoms with Gasteiger partial charge in [0.2, 0.25) is 0 Å². The van der Waals surface area contributed by atoms with Crippen LogP contribution in [-0.4, -0.2) is 19.9 Å². The van der Waals surface area contributed by atoms with E-state index >= 15 is 0 Å². The van der Waals surface area contributed by atoms with Crippen LogP contribution in [0.2, 0.25) is 0 Å². The molecule has 0 saturated heterocycles. The lowest BCUT2D eigenvalue weighted by molar-refractivity contribution is 0.601. The van der Waals surface area contributed by atoms with E-state index < -0.39 is 15.8 Å². The second-order valence-corrected chi connectivity index (χ2v) is 6.10. The van der Waals surface area contributed by atoms with Crippen LogP contribution >= 0.6 is 0 Å². The summed E-state index contributed by atoms with van der Waals surface area (Å²) >= 11 is 0. The molecule has 112 valence electrons. The highest BCUT2D eigenvalue weighted by atomic mass is 32.2. The minimum Gasteiger partial charge on any atom is -0.369 e. The Balaban J connectivity index is 2.36. The van der Waals surface area contributed by atoms with Crippen LogP contribution in [0.1, 0.15) is 12.5 Å². The second-order valence-electron chi connectivity index (χ2n) is 4.45. The Hall–Kier alpha value is -2.15. The van der Waals surface area contributed by atoms with Crippen molar-refractivity contribution < 1.29 is 12.8 Å². The summed E-state index contributed by atoms with van der Waals surface area (Å²) in [5, 5.41) is 2.88. The average molecular weight is 309 g/mol. The number of nitrogens with zero attached hydrogens (tertiary/aromatic N) is 1. The van der Waals surface area contributed by atoms with Crippen LogP contribution in [0.15, 0.2) is 41.4 Å². The Morgan fingerprint density at radius 2 is 2.05 bits per heavy atom. The number of sulfonamides is 1. The topological polar surface area (TPSA) is 71.1 Å². The maximum Gasteiger partial charge on any atom is 0.265 e. The lowest BCUT2D eigenvalue weighted by Crippen LogP contribution is -2.16. The fourth-order valence-electron chi connectivity index (χ4n) is 1.77. The molecule has 2 N–H and O–H groups in total. The van der Waals surface area contributed by atoms with Gasteiger partial charge in [0.05, 0.1) is 5.69 Å². The molecule has 1 aromatic carbocycles. The molecule has 0 amide bonds. The molecular formula is C14H16FN3O2S. The molecule has 2 rings (SSSR count). The van der Waals surface area contributed by atoms with Crippen molar-refractivity contribution in [1.82, 2.24) is 4.98 Å². The zero-order chi connectivity index (χ0) is 15.5. The predicted molar refractivity (Wildman–Crippen MR) is 80.3 cm³/mol. The van der Waals surface area contributed by atoms with E-state index in [1.807, 2.05) is 6.92 Å². The molecule has 0 aliphatic rings. The van der Waals surface area contributed by atoms with E-state index in [1.54, 1.807) is 6.92 Å². The van der Waals surface area contributed by atoms with Crippen molar-refractivity contribution in [2.75, 3.05) is 16.6 Å². The Kier molecular flexibility index (Phi) is 4.42. The molecule has 7 heteroatoms. The van der Waals surface area contributed by atoms with Gasteiger partial charge in [-0.1, -0.05) is 6.07 Å². The number of halogens is 1. The monoisotopic (exact) mass is 309 g/mol.